The molecule has 7 heteroatoms. The molecule has 188 valence electrons. The second-order valence-electron chi connectivity index (χ2n) is 8.36. The van der Waals surface area contributed by atoms with E-state index in [1.807, 2.05) is 84.9 Å². The van der Waals surface area contributed by atoms with Gasteiger partial charge in [-0.25, -0.2) is 10.6 Å². The number of ether oxygens (including phenoxy) is 1. The Morgan fingerprint density at radius 1 is 0.730 bits per heavy atom. The van der Waals surface area contributed by atoms with E-state index in [0.717, 1.165) is 22.3 Å². The van der Waals surface area contributed by atoms with Crippen molar-refractivity contribution < 1.29 is 14.3 Å². The number of nitrogens with one attached hydrogen (secondary N) is 2. The number of hydrazine groups is 1. The van der Waals surface area contributed by atoms with Crippen LogP contribution in [0.3, 0.4) is 0 Å². The molecule has 0 aliphatic carbocycles. The van der Waals surface area contributed by atoms with E-state index in [1.54, 1.807) is 11.8 Å². The quantitative estimate of drug-likeness (QED) is 0.121. The predicted molar refractivity (Wildman–Crippen MR) is 148 cm³/mol. The van der Waals surface area contributed by atoms with Crippen molar-refractivity contribution in [3.63, 3.8) is 0 Å². The molecule has 0 aromatic heterocycles. The summed E-state index contributed by atoms with van der Waals surface area (Å²) in [6.45, 7) is 0.0960. The normalized spacial score (nSPS) is 11.8. The highest BCUT2D eigenvalue weighted by Gasteiger charge is 2.38. The van der Waals surface area contributed by atoms with Crippen LogP contribution >= 0.6 is 11.8 Å². The third-order valence-electron chi connectivity index (χ3n) is 5.97. The summed E-state index contributed by atoms with van der Waals surface area (Å²) < 4.78 is 4.71. The molecule has 0 aliphatic rings. The maximum atomic E-state index is 12.7. The molecule has 0 heterocycles. The van der Waals surface area contributed by atoms with Gasteiger partial charge in [-0.1, -0.05) is 121 Å². The predicted octanol–water partition coefficient (Wildman–Crippen LogP) is 5.00. The number of alkyl carbamates (subject to hydrolysis) is 1. The van der Waals surface area contributed by atoms with Crippen molar-refractivity contribution in [2.24, 2.45) is 5.84 Å². The molecule has 0 saturated heterocycles. The summed E-state index contributed by atoms with van der Waals surface area (Å²) in [7, 11) is 0. The SMILES string of the molecule is NNC(=O)C(CSC(c1ccccc1)(c1ccccc1)c1ccccc1)NC(=O)OCc1ccccc1. The van der Waals surface area contributed by atoms with Crippen LogP contribution in [0.15, 0.2) is 121 Å². The Kier molecular flexibility index (Phi) is 8.97. The fraction of sp³-hybridized carbons (Fsp3) is 0.133. The van der Waals surface area contributed by atoms with Gasteiger partial charge in [-0.05, 0) is 22.3 Å². The van der Waals surface area contributed by atoms with Gasteiger partial charge < -0.3 is 10.1 Å². The molecule has 0 saturated carbocycles. The van der Waals surface area contributed by atoms with Crippen molar-refractivity contribution in [1.82, 2.24) is 10.7 Å². The zero-order valence-electron chi connectivity index (χ0n) is 20.2. The Labute approximate surface area is 221 Å². The summed E-state index contributed by atoms with van der Waals surface area (Å²) >= 11 is 1.55. The van der Waals surface area contributed by atoms with Crippen LogP contribution in [0.2, 0.25) is 0 Å². The molecule has 0 radical (unpaired) electrons. The smallest absolute Gasteiger partial charge is 0.408 e. The highest BCUT2D eigenvalue weighted by molar-refractivity contribution is 8.00. The van der Waals surface area contributed by atoms with Gasteiger partial charge in [0.25, 0.3) is 5.91 Å². The maximum absolute atomic E-state index is 12.7. The second-order valence-corrected chi connectivity index (χ2v) is 9.59. The average Bonchev–Trinajstić information content (AvgIpc) is 2.97. The van der Waals surface area contributed by atoms with Gasteiger partial charge in [0, 0.05) is 5.75 Å². The van der Waals surface area contributed by atoms with Gasteiger partial charge in [0.05, 0.1) is 4.75 Å². The minimum Gasteiger partial charge on any atom is -0.445 e. The maximum Gasteiger partial charge on any atom is 0.408 e. The first-order valence-corrected chi connectivity index (χ1v) is 12.9. The van der Waals surface area contributed by atoms with Gasteiger partial charge in [0.1, 0.15) is 12.6 Å². The Morgan fingerprint density at radius 3 is 1.59 bits per heavy atom. The van der Waals surface area contributed by atoms with E-state index in [4.69, 9.17) is 10.6 Å². The number of thioether (sulfide) groups is 1. The van der Waals surface area contributed by atoms with Gasteiger partial charge in [0.2, 0.25) is 0 Å². The molecule has 6 nitrogen and oxygen atoms in total. The zero-order chi connectivity index (χ0) is 25.9. The summed E-state index contributed by atoms with van der Waals surface area (Å²) in [5, 5.41) is 2.69. The largest absolute Gasteiger partial charge is 0.445 e. The number of rotatable bonds is 10. The van der Waals surface area contributed by atoms with E-state index in [2.05, 4.69) is 47.1 Å². The molecule has 2 amide bonds. The molecule has 4 aromatic carbocycles. The topological polar surface area (TPSA) is 93.5 Å². The van der Waals surface area contributed by atoms with Crippen molar-refractivity contribution >= 4 is 23.8 Å². The third-order valence-corrected chi connectivity index (χ3v) is 7.61. The van der Waals surface area contributed by atoms with Gasteiger partial charge in [0.15, 0.2) is 0 Å². The van der Waals surface area contributed by atoms with Crippen LogP contribution in [-0.4, -0.2) is 23.8 Å². The van der Waals surface area contributed by atoms with Crippen LogP contribution in [0.5, 0.6) is 0 Å². The zero-order valence-corrected chi connectivity index (χ0v) is 21.1. The summed E-state index contributed by atoms with van der Waals surface area (Å²) in [4.78, 5) is 25.3. The van der Waals surface area contributed by atoms with Crippen LogP contribution in [-0.2, 0) is 20.9 Å². The fourth-order valence-electron chi connectivity index (χ4n) is 4.17. The molecule has 1 atom stereocenters. The lowest BCUT2D eigenvalue weighted by atomic mass is 9.84. The molecule has 0 bridgehead atoms. The van der Waals surface area contributed by atoms with Crippen LogP contribution in [0.1, 0.15) is 22.3 Å². The van der Waals surface area contributed by atoms with Crippen LogP contribution < -0.4 is 16.6 Å². The summed E-state index contributed by atoms with van der Waals surface area (Å²) in [6.07, 6.45) is -0.692. The minimum absolute atomic E-state index is 0.0960. The van der Waals surface area contributed by atoms with Crippen LogP contribution in [0.25, 0.3) is 0 Å². The lowest BCUT2D eigenvalue weighted by Crippen LogP contribution is -2.51. The van der Waals surface area contributed by atoms with Crippen LogP contribution in [0, 0.1) is 0 Å². The highest BCUT2D eigenvalue weighted by atomic mass is 32.2. The first-order chi connectivity index (χ1) is 18.1. The average molecular weight is 512 g/mol. The molecular weight excluding hydrogens is 482 g/mol. The van der Waals surface area contributed by atoms with Gasteiger partial charge in [-0.3, -0.25) is 10.2 Å². The molecule has 1 unspecified atom stereocenters. The van der Waals surface area contributed by atoms with Crippen LogP contribution in [0.4, 0.5) is 4.79 Å². The van der Waals surface area contributed by atoms with E-state index in [9.17, 15) is 9.59 Å². The van der Waals surface area contributed by atoms with Crippen molar-refractivity contribution in [2.75, 3.05) is 5.75 Å². The second kappa shape index (κ2) is 12.8. The standard InChI is InChI=1S/C30H29N3O3S/c31-33-28(34)27(32-29(35)36-21-23-13-5-1-6-14-23)22-37-30(24-15-7-2-8-16-24,25-17-9-3-10-18-25)26-19-11-4-12-20-26/h1-20,27H,21-22,31H2,(H,32,35)(H,33,34). The van der Waals surface area contributed by atoms with Gasteiger partial charge in [-0.2, -0.15) is 0 Å². The molecule has 0 fully saturated rings. The summed E-state index contributed by atoms with van der Waals surface area (Å²) in [5.74, 6) is 5.22. The molecule has 4 N–H and O–H groups in total. The van der Waals surface area contributed by atoms with Crippen molar-refractivity contribution in [1.29, 1.82) is 0 Å². The van der Waals surface area contributed by atoms with Gasteiger partial charge >= 0.3 is 6.09 Å². The number of nitrogens with two attached hydrogens (primary N) is 1. The first kappa shape index (κ1) is 26.0. The van der Waals surface area contributed by atoms with E-state index >= 15 is 0 Å². The number of carbonyl (C=O) groups excluding carboxylic acids is 2. The minimum atomic E-state index is -0.922. The molecule has 37 heavy (non-hydrogen) atoms. The Balaban J connectivity index is 1.63. The van der Waals surface area contributed by atoms with E-state index in [-0.39, 0.29) is 12.4 Å². The summed E-state index contributed by atoms with van der Waals surface area (Å²) in [5.41, 5.74) is 6.18. The first-order valence-electron chi connectivity index (χ1n) is 11.9. The number of hydrogen-bond donors (Lipinski definition) is 3. The molecular formula is C30H29N3O3S. The van der Waals surface area contributed by atoms with E-state index < -0.39 is 22.8 Å². The van der Waals surface area contributed by atoms with Crippen molar-refractivity contribution in [3.05, 3.63) is 144 Å². The summed E-state index contributed by atoms with van der Waals surface area (Å²) in [6, 6.07) is 38.8. The Hall–Kier alpha value is -4.07. The third kappa shape index (κ3) is 6.39. The number of benzene rings is 4. The molecule has 4 rings (SSSR count). The molecule has 4 aromatic rings. The molecule has 0 spiro atoms. The van der Waals surface area contributed by atoms with Crippen molar-refractivity contribution in [2.45, 2.75) is 17.4 Å². The van der Waals surface area contributed by atoms with Crippen molar-refractivity contribution in [3.8, 4) is 0 Å². The number of amides is 2. The molecule has 0 aliphatic heterocycles. The number of carbonyl (C=O) groups is 2. The Bertz CT molecular complexity index is 1180. The highest BCUT2D eigenvalue weighted by Crippen LogP contribution is 2.48. The van der Waals surface area contributed by atoms with E-state index in [0.29, 0.717) is 0 Å². The van der Waals surface area contributed by atoms with E-state index in [1.165, 1.54) is 0 Å². The lowest BCUT2D eigenvalue weighted by Gasteiger charge is -2.36. The number of hydrogen-bond acceptors (Lipinski definition) is 5. The Morgan fingerprint density at radius 2 is 1.16 bits per heavy atom. The fourth-order valence-corrected chi connectivity index (χ4v) is 5.73. The monoisotopic (exact) mass is 511 g/mol. The van der Waals surface area contributed by atoms with Gasteiger partial charge in [-0.15, -0.1) is 11.8 Å². The lowest BCUT2D eigenvalue weighted by molar-refractivity contribution is -0.122.